The van der Waals surface area contributed by atoms with Gasteiger partial charge in [-0.1, -0.05) is 23.7 Å². The Hall–Kier alpha value is -2.47. The van der Waals surface area contributed by atoms with Gasteiger partial charge in [-0.05, 0) is 42.0 Å². The van der Waals surface area contributed by atoms with E-state index in [1.165, 1.54) is 31.4 Å². The van der Waals surface area contributed by atoms with Crippen molar-refractivity contribution in [3.63, 3.8) is 0 Å². The number of hydrogen-bond acceptors (Lipinski definition) is 3. The first kappa shape index (κ1) is 17.9. The monoisotopic (exact) mass is 355 g/mol. The first-order chi connectivity index (χ1) is 11.3. The van der Waals surface area contributed by atoms with Gasteiger partial charge in [-0.3, -0.25) is 4.79 Å². The number of halogens is 4. The van der Waals surface area contributed by atoms with Gasteiger partial charge in [0, 0.05) is 22.5 Å². The van der Waals surface area contributed by atoms with E-state index in [9.17, 15) is 18.0 Å². The molecule has 0 atom stereocenters. The predicted octanol–water partition coefficient (Wildman–Crippen LogP) is 4.93. The fraction of sp³-hybridized carbons (Fsp3) is 0.118. The maximum absolute atomic E-state index is 12.6. The fourth-order valence-corrected chi connectivity index (χ4v) is 1.99. The molecule has 2 rings (SSSR count). The lowest BCUT2D eigenvalue weighted by molar-refractivity contribution is -0.165. The van der Waals surface area contributed by atoms with Gasteiger partial charge in [0.2, 0.25) is 0 Å². The number of rotatable bonds is 5. The standard InChI is InChI=1S/C17H13ClF3NO2/c1-24-14-8-6-13(7-9-14)22-15(10-16(23)17(19,20)21)11-2-4-12(18)5-3-11/h2-10,22H,1H3. The summed E-state index contributed by atoms with van der Waals surface area (Å²) in [5, 5.41) is 3.25. The molecule has 0 aliphatic heterocycles. The average Bonchev–Trinajstić information content (AvgIpc) is 2.54. The van der Waals surface area contributed by atoms with Crippen LogP contribution in [0.4, 0.5) is 18.9 Å². The number of nitrogens with one attached hydrogen (secondary N) is 1. The Balaban J connectivity index is 2.36. The van der Waals surface area contributed by atoms with E-state index in [0.29, 0.717) is 28.1 Å². The summed E-state index contributed by atoms with van der Waals surface area (Å²) in [6, 6.07) is 12.6. The Morgan fingerprint density at radius 2 is 1.67 bits per heavy atom. The Morgan fingerprint density at radius 1 is 1.08 bits per heavy atom. The summed E-state index contributed by atoms with van der Waals surface area (Å²) < 4.78 is 42.7. The fourth-order valence-electron chi connectivity index (χ4n) is 1.86. The minimum atomic E-state index is -4.95. The maximum Gasteiger partial charge on any atom is 0.454 e. The van der Waals surface area contributed by atoms with Crippen molar-refractivity contribution in [2.24, 2.45) is 0 Å². The quantitative estimate of drug-likeness (QED) is 0.773. The molecule has 24 heavy (non-hydrogen) atoms. The van der Waals surface area contributed by atoms with Crippen LogP contribution in [-0.2, 0) is 4.79 Å². The highest BCUT2D eigenvalue weighted by molar-refractivity contribution is 6.30. The van der Waals surface area contributed by atoms with Crippen LogP contribution in [0.1, 0.15) is 5.56 Å². The molecular weight excluding hydrogens is 343 g/mol. The molecule has 7 heteroatoms. The molecule has 0 aliphatic rings. The van der Waals surface area contributed by atoms with Crippen molar-refractivity contribution in [2.75, 3.05) is 12.4 Å². The Morgan fingerprint density at radius 3 is 2.17 bits per heavy atom. The lowest BCUT2D eigenvalue weighted by atomic mass is 10.1. The van der Waals surface area contributed by atoms with Crippen molar-refractivity contribution in [3.8, 4) is 5.75 Å². The van der Waals surface area contributed by atoms with E-state index < -0.39 is 12.0 Å². The number of methoxy groups -OCH3 is 1. The number of allylic oxidation sites excluding steroid dienone is 1. The highest BCUT2D eigenvalue weighted by atomic mass is 35.5. The smallest absolute Gasteiger partial charge is 0.454 e. The summed E-state index contributed by atoms with van der Waals surface area (Å²) in [6.07, 6.45) is -4.42. The SMILES string of the molecule is COc1ccc(NC(=CC(=O)C(F)(F)F)c2ccc(Cl)cc2)cc1. The van der Waals surface area contributed by atoms with Gasteiger partial charge < -0.3 is 10.1 Å². The Bertz CT molecular complexity index is 738. The van der Waals surface area contributed by atoms with Gasteiger partial charge in [0.05, 0.1) is 7.11 Å². The van der Waals surface area contributed by atoms with Crippen LogP contribution in [0.3, 0.4) is 0 Å². The van der Waals surface area contributed by atoms with E-state index in [0.717, 1.165) is 0 Å². The van der Waals surface area contributed by atoms with Gasteiger partial charge in [-0.25, -0.2) is 0 Å². The first-order valence-electron chi connectivity index (χ1n) is 6.79. The van der Waals surface area contributed by atoms with Crippen molar-refractivity contribution >= 4 is 28.8 Å². The van der Waals surface area contributed by atoms with Crippen LogP contribution in [0.15, 0.2) is 54.6 Å². The molecule has 1 N–H and O–H groups in total. The molecule has 0 saturated carbocycles. The van der Waals surface area contributed by atoms with Gasteiger partial charge in [-0.2, -0.15) is 13.2 Å². The highest BCUT2D eigenvalue weighted by Crippen LogP contribution is 2.25. The lowest BCUT2D eigenvalue weighted by Crippen LogP contribution is -2.21. The third-order valence-corrected chi connectivity index (χ3v) is 3.33. The average molecular weight is 356 g/mol. The molecule has 3 nitrogen and oxygen atoms in total. The largest absolute Gasteiger partial charge is 0.497 e. The third kappa shape index (κ3) is 4.76. The minimum Gasteiger partial charge on any atom is -0.497 e. The van der Waals surface area contributed by atoms with Crippen molar-refractivity contribution in [3.05, 3.63) is 65.2 Å². The van der Waals surface area contributed by atoms with Crippen molar-refractivity contribution < 1.29 is 22.7 Å². The van der Waals surface area contributed by atoms with Crippen LogP contribution in [-0.4, -0.2) is 19.1 Å². The zero-order chi connectivity index (χ0) is 17.7. The normalized spacial score (nSPS) is 12.0. The van der Waals surface area contributed by atoms with Gasteiger partial charge >= 0.3 is 6.18 Å². The number of benzene rings is 2. The minimum absolute atomic E-state index is 0.0131. The van der Waals surface area contributed by atoms with Crippen LogP contribution in [0, 0.1) is 0 Å². The van der Waals surface area contributed by atoms with Gasteiger partial charge in [0.25, 0.3) is 5.78 Å². The summed E-state index contributed by atoms with van der Waals surface area (Å²) in [5.41, 5.74) is 0.916. The number of ketones is 1. The maximum atomic E-state index is 12.6. The van der Waals surface area contributed by atoms with Gasteiger partial charge in [0.1, 0.15) is 5.75 Å². The van der Waals surface area contributed by atoms with Crippen LogP contribution in [0.5, 0.6) is 5.75 Å². The summed E-state index contributed by atoms with van der Waals surface area (Å²) in [7, 11) is 1.50. The van der Waals surface area contributed by atoms with Crippen molar-refractivity contribution in [2.45, 2.75) is 6.18 Å². The Kier molecular flexibility index (Phi) is 5.51. The second-order valence-corrected chi connectivity index (χ2v) is 5.22. The van der Waals surface area contributed by atoms with Crippen LogP contribution in [0.25, 0.3) is 5.70 Å². The number of alkyl halides is 3. The van der Waals surface area contributed by atoms with E-state index in [2.05, 4.69) is 5.32 Å². The highest BCUT2D eigenvalue weighted by Gasteiger charge is 2.36. The zero-order valence-corrected chi connectivity index (χ0v) is 13.3. The van der Waals surface area contributed by atoms with E-state index in [-0.39, 0.29) is 5.70 Å². The molecule has 0 unspecified atom stereocenters. The van der Waals surface area contributed by atoms with Gasteiger partial charge in [-0.15, -0.1) is 0 Å². The molecule has 2 aromatic carbocycles. The van der Waals surface area contributed by atoms with E-state index in [4.69, 9.17) is 16.3 Å². The van der Waals surface area contributed by atoms with Crippen molar-refractivity contribution in [1.29, 1.82) is 0 Å². The summed E-state index contributed by atoms with van der Waals surface area (Å²) in [5.74, 6) is -1.35. The number of anilines is 1. The first-order valence-corrected chi connectivity index (χ1v) is 7.17. The molecule has 126 valence electrons. The number of hydrogen-bond donors (Lipinski definition) is 1. The molecule has 0 aromatic heterocycles. The van der Waals surface area contributed by atoms with Crippen LogP contribution in [0.2, 0.25) is 5.02 Å². The zero-order valence-electron chi connectivity index (χ0n) is 12.5. The van der Waals surface area contributed by atoms with Gasteiger partial charge in [0.15, 0.2) is 0 Å². The molecule has 0 radical (unpaired) electrons. The lowest BCUT2D eigenvalue weighted by Gasteiger charge is -2.13. The molecule has 0 bridgehead atoms. The summed E-state index contributed by atoms with van der Waals surface area (Å²) in [6.45, 7) is 0. The summed E-state index contributed by atoms with van der Waals surface area (Å²) in [4.78, 5) is 11.3. The predicted molar refractivity (Wildman–Crippen MR) is 87.1 cm³/mol. The van der Waals surface area contributed by atoms with E-state index in [1.807, 2.05) is 0 Å². The molecule has 0 saturated heterocycles. The second kappa shape index (κ2) is 7.40. The second-order valence-electron chi connectivity index (χ2n) is 4.78. The molecule has 0 aliphatic carbocycles. The Labute approximate surface area is 141 Å². The topological polar surface area (TPSA) is 38.3 Å². The number of carbonyl (C=O) groups excluding carboxylic acids is 1. The third-order valence-electron chi connectivity index (χ3n) is 3.08. The number of ether oxygens (including phenoxy) is 1. The molecule has 0 spiro atoms. The van der Waals surface area contributed by atoms with Crippen LogP contribution >= 0.6 is 11.6 Å². The summed E-state index contributed by atoms with van der Waals surface area (Å²) >= 11 is 5.79. The molecule has 2 aromatic rings. The van der Waals surface area contributed by atoms with Crippen molar-refractivity contribution in [1.82, 2.24) is 0 Å². The molecule has 0 heterocycles. The molecule has 0 amide bonds. The van der Waals surface area contributed by atoms with E-state index >= 15 is 0 Å². The molecule has 0 fully saturated rings. The number of carbonyl (C=O) groups is 1. The van der Waals surface area contributed by atoms with E-state index in [1.54, 1.807) is 24.3 Å². The molecular formula is C17H13ClF3NO2. The van der Waals surface area contributed by atoms with Crippen LogP contribution < -0.4 is 10.1 Å².